The van der Waals surface area contributed by atoms with E-state index in [4.69, 9.17) is 0 Å². The Balaban J connectivity index is 2.17. The van der Waals surface area contributed by atoms with Crippen molar-refractivity contribution in [3.05, 3.63) is 29.8 Å². The maximum Gasteiger partial charge on any atom is 0.319 e. The van der Waals surface area contributed by atoms with Crippen LogP contribution in [0.2, 0.25) is 0 Å². The summed E-state index contributed by atoms with van der Waals surface area (Å²) in [5.41, 5.74) is 0.583. The van der Waals surface area contributed by atoms with Crippen molar-refractivity contribution in [1.82, 2.24) is 0 Å². The first-order chi connectivity index (χ1) is 9.10. The minimum absolute atomic E-state index is 0.380. The summed E-state index contributed by atoms with van der Waals surface area (Å²) in [6.07, 6.45) is 3.53. The molecule has 1 aromatic rings. The van der Waals surface area contributed by atoms with Crippen LogP contribution in [0.3, 0.4) is 0 Å². The van der Waals surface area contributed by atoms with E-state index in [1.807, 2.05) is 24.3 Å². The van der Waals surface area contributed by atoms with Gasteiger partial charge in [-0.2, -0.15) is 0 Å². The molecule has 2 N–H and O–H groups in total. The van der Waals surface area contributed by atoms with Crippen molar-refractivity contribution in [1.29, 1.82) is 0 Å². The largest absolute Gasteiger partial charge is 0.480 e. The van der Waals surface area contributed by atoms with Gasteiger partial charge < -0.3 is 10.4 Å². The lowest BCUT2D eigenvalue weighted by atomic mass is 9.68. The number of carbonyl (C=O) groups excluding carboxylic acids is 1. The third kappa shape index (κ3) is 2.48. The van der Waals surface area contributed by atoms with Gasteiger partial charge in [-0.1, -0.05) is 38.0 Å². The molecule has 0 aliphatic heterocycles. The highest BCUT2D eigenvalue weighted by Gasteiger charge is 2.51. The molecule has 0 radical (unpaired) electrons. The number of anilines is 1. The normalized spacial score (nSPS) is 16.5. The highest BCUT2D eigenvalue weighted by Crippen LogP contribution is 2.42. The van der Waals surface area contributed by atoms with E-state index in [0.717, 1.165) is 30.5 Å². The highest BCUT2D eigenvalue weighted by atomic mass is 16.4. The molecule has 0 saturated heterocycles. The summed E-state index contributed by atoms with van der Waals surface area (Å²) in [5, 5.41) is 12.0. The molecule has 2 rings (SSSR count). The zero-order valence-corrected chi connectivity index (χ0v) is 11.1. The van der Waals surface area contributed by atoms with Crippen LogP contribution in [-0.4, -0.2) is 17.0 Å². The second-order valence-electron chi connectivity index (χ2n) is 5.10. The number of hydrogen-bond acceptors (Lipinski definition) is 2. The smallest absolute Gasteiger partial charge is 0.319 e. The van der Waals surface area contributed by atoms with Crippen molar-refractivity contribution in [2.75, 3.05) is 5.32 Å². The summed E-state index contributed by atoms with van der Waals surface area (Å²) in [6.45, 7) is 2.07. The van der Waals surface area contributed by atoms with Gasteiger partial charge in [-0.25, -0.2) is 0 Å². The molecule has 4 heteroatoms. The zero-order chi connectivity index (χ0) is 13.9. The Bertz CT molecular complexity index is 492. The number of nitrogens with one attached hydrogen (secondary N) is 1. The van der Waals surface area contributed by atoms with Crippen LogP contribution >= 0.6 is 0 Å². The van der Waals surface area contributed by atoms with E-state index in [9.17, 15) is 14.7 Å². The minimum Gasteiger partial charge on any atom is -0.480 e. The number of hydrogen-bond donors (Lipinski definition) is 2. The highest BCUT2D eigenvalue weighted by molar-refractivity contribution is 6.09. The number of carbonyl (C=O) groups is 2. The lowest BCUT2D eigenvalue weighted by Crippen LogP contribution is -2.48. The molecule has 1 aliphatic carbocycles. The molecule has 102 valence electrons. The van der Waals surface area contributed by atoms with Crippen molar-refractivity contribution in [3.8, 4) is 0 Å². The van der Waals surface area contributed by atoms with Crippen molar-refractivity contribution >= 4 is 17.6 Å². The lowest BCUT2D eigenvalue weighted by molar-refractivity contribution is -0.159. The SMILES string of the molecule is CCCc1ccccc1NC(=O)C1(C(=O)O)CCC1. The van der Waals surface area contributed by atoms with E-state index in [0.29, 0.717) is 12.8 Å². The van der Waals surface area contributed by atoms with E-state index in [1.165, 1.54) is 0 Å². The Morgan fingerprint density at radius 2 is 2.00 bits per heavy atom. The predicted molar refractivity (Wildman–Crippen MR) is 73.0 cm³/mol. The second kappa shape index (κ2) is 5.43. The Kier molecular flexibility index (Phi) is 3.88. The third-order valence-corrected chi connectivity index (χ3v) is 3.84. The molecule has 1 aromatic carbocycles. The first kappa shape index (κ1) is 13.6. The fraction of sp³-hybridized carbons (Fsp3) is 0.467. The van der Waals surface area contributed by atoms with Gasteiger partial charge in [0.15, 0.2) is 0 Å². The summed E-state index contributed by atoms with van der Waals surface area (Å²) in [5.74, 6) is -1.39. The van der Waals surface area contributed by atoms with Gasteiger partial charge in [-0.05, 0) is 30.9 Å². The molecule has 0 unspecified atom stereocenters. The van der Waals surface area contributed by atoms with Crippen LogP contribution in [0.1, 0.15) is 38.2 Å². The van der Waals surface area contributed by atoms with Gasteiger partial charge in [0, 0.05) is 5.69 Å². The minimum atomic E-state index is -1.21. The van der Waals surface area contributed by atoms with Gasteiger partial charge in [-0.15, -0.1) is 0 Å². The van der Waals surface area contributed by atoms with Gasteiger partial charge in [0.25, 0.3) is 0 Å². The van der Waals surface area contributed by atoms with E-state index < -0.39 is 11.4 Å². The zero-order valence-electron chi connectivity index (χ0n) is 11.1. The molecule has 4 nitrogen and oxygen atoms in total. The molecule has 0 atom stereocenters. The van der Waals surface area contributed by atoms with Crippen LogP contribution in [0.15, 0.2) is 24.3 Å². The molecule has 1 amide bonds. The van der Waals surface area contributed by atoms with Crippen LogP contribution in [0.5, 0.6) is 0 Å². The molecule has 0 spiro atoms. The fourth-order valence-corrected chi connectivity index (χ4v) is 2.44. The van der Waals surface area contributed by atoms with Crippen LogP contribution in [0.4, 0.5) is 5.69 Å². The second-order valence-corrected chi connectivity index (χ2v) is 5.10. The standard InChI is InChI=1S/C15H19NO3/c1-2-6-11-7-3-4-8-12(11)16-13(17)15(14(18)19)9-5-10-15/h3-4,7-8H,2,5-6,9-10H2,1H3,(H,16,17)(H,18,19). The number of aryl methyl sites for hydroxylation is 1. The van der Waals surface area contributed by atoms with E-state index in [-0.39, 0.29) is 5.91 Å². The van der Waals surface area contributed by atoms with Crippen LogP contribution < -0.4 is 5.32 Å². The summed E-state index contributed by atoms with van der Waals surface area (Å²) in [4.78, 5) is 23.5. The summed E-state index contributed by atoms with van der Waals surface area (Å²) in [7, 11) is 0. The molecular weight excluding hydrogens is 242 g/mol. The van der Waals surface area contributed by atoms with Crippen LogP contribution in [0, 0.1) is 5.41 Å². The molecular formula is C15H19NO3. The maximum atomic E-state index is 12.2. The monoisotopic (exact) mass is 261 g/mol. The van der Waals surface area contributed by atoms with E-state index in [1.54, 1.807) is 0 Å². The number of carboxylic acids is 1. The van der Waals surface area contributed by atoms with Crippen LogP contribution in [-0.2, 0) is 16.0 Å². The fourth-order valence-electron chi connectivity index (χ4n) is 2.44. The van der Waals surface area contributed by atoms with E-state index in [2.05, 4.69) is 12.2 Å². The number of para-hydroxylation sites is 1. The topological polar surface area (TPSA) is 66.4 Å². The number of carboxylic acid groups (broad SMARTS) is 1. The molecule has 1 fully saturated rings. The van der Waals surface area contributed by atoms with Gasteiger partial charge in [0.1, 0.15) is 5.41 Å². The van der Waals surface area contributed by atoms with Crippen molar-refractivity contribution in [2.24, 2.45) is 5.41 Å². The molecule has 19 heavy (non-hydrogen) atoms. The maximum absolute atomic E-state index is 12.2. The first-order valence-corrected chi connectivity index (χ1v) is 6.73. The number of amides is 1. The quantitative estimate of drug-likeness (QED) is 0.801. The average molecular weight is 261 g/mol. The summed E-state index contributed by atoms with van der Waals surface area (Å²) in [6, 6.07) is 7.57. The van der Waals surface area contributed by atoms with Gasteiger partial charge >= 0.3 is 5.97 Å². The molecule has 0 heterocycles. The number of benzene rings is 1. The van der Waals surface area contributed by atoms with Gasteiger partial charge in [-0.3, -0.25) is 9.59 Å². The molecule has 1 aliphatic rings. The number of aliphatic carboxylic acids is 1. The third-order valence-electron chi connectivity index (χ3n) is 3.84. The van der Waals surface area contributed by atoms with Crippen molar-refractivity contribution < 1.29 is 14.7 Å². The van der Waals surface area contributed by atoms with E-state index >= 15 is 0 Å². The number of rotatable bonds is 5. The van der Waals surface area contributed by atoms with Crippen molar-refractivity contribution in [3.63, 3.8) is 0 Å². The Morgan fingerprint density at radius 3 is 2.53 bits per heavy atom. The van der Waals surface area contributed by atoms with Gasteiger partial charge in [0.05, 0.1) is 0 Å². The molecule has 1 saturated carbocycles. The first-order valence-electron chi connectivity index (χ1n) is 6.73. The molecule has 0 aromatic heterocycles. The lowest BCUT2D eigenvalue weighted by Gasteiger charge is -2.35. The Hall–Kier alpha value is -1.84. The Morgan fingerprint density at radius 1 is 1.32 bits per heavy atom. The average Bonchev–Trinajstić information content (AvgIpc) is 2.30. The van der Waals surface area contributed by atoms with Gasteiger partial charge in [0.2, 0.25) is 5.91 Å². The molecule has 0 bridgehead atoms. The summed E-state index contributed by atoms with van der Waals surface area (Å²) < 4.78 is 0. The predicted octanol–water partition coefficient (Wildman–Crippen LogP) is 2.83. The Labute approximate surface area is 112 Å². The summed E-state index contributed by atoms with van der Waals surface area (Å²) >= 11 is 0. The van der Waals surface area contributed by atoms with Crippen LogP contribution in [0.25, 0.3) is 0 Å². The van der Waals surface area contributed by atoms with Crippen molar-refractivity contribution in [2.45, 2.75) is 39.0 Å².